The number of thioether (sulfide) groups is 1. The smallest absolute Gasteiger partial charge is 0.266 e. The number of hydrogen-bond acceptors (Lipinski definition) is 6. The van der Waals surface area contributed by atoms with Crippen LogP contribution in [0.15, 0.2) is 46.3 Å². The Labute approximate surface area is 143 Å². The molecule has 122 valence electrons. The summed E-state index contributed by atoms with van der Waals surface area (Å²) in [5.41, 5.74) is 1.47. The van der Waals surface area contributed by atoms with Crippen LogP contribution in [0.3, 0.4) is 0 Å². The van der Waals surface area contributed by atoms with Crippen LogP contribution in [-0.4, -0.2) is 38.2 Å². The number of aryl methyl sites for hydroxylation is 1. The zero-order chi connectivity index (χ0) is 17.3. The van der Waals surface area contributed by atoms with Crippen molar-refractivity contribution < 1.29 is 15.0 Å². The van der Waals surface area contributed by atoms with E-state index in [9.17, 15) is 15.0 Å². The highest BCUT2D eigenvalue weighted by atomic mass is 32.2. The Morgan fingerprint density at radius 3 is 2.71 bits per heavy atom. The summed E-state index contributed by atoms with van der Waals surface area (Å²) in [4.78, 5) is 23.0. The SMILES string of the molecule is Cc1cccc(/N=C2/S/C(=C\c3ccc(O)c(O)c3)C(=O)N2C)n1. The summed E-state index contributed by atoms with van der Waals surface area (Å²) < 4.78 is 0. The highest BCUT2D eigenvalue weighted by Crippen LogP contribution is 2.34. The molecule has 1 aromatic heterocycles. The van der Waals surface area contributed by atoms with Crippen molar-refractivity contribution >= 4 is 34.7 Å². The van der Waals surface area contributed by atoms with Crippen LogP contribution >= 0.6 is 11.8 Å². The number of carbonyl (C=O) groups excluding carboxylic acids is 1. The molecule has 0 saturated carbocycles. The average molecular weight is 341 g/mol. The van der Waals surface area contributed by atoms with E-state index in [0.717, 1.165) is 5.69 Å². The number of phenolic OH excluding ortho intramolecular Hbond substituents is 2. The number of aliphatic imine (C=N–C) groups is 1. The number of pyridine rings is 1. The number of rotatable bonds is 2. The van der Waals surface area contributed by atoms with Gasteiger partial charge >= 0.3 is 0 Å². The lowest BCUT2D eigenvalue weighted by Gasteiger charge is -2.06. The van der Waals surface area contributed by atoms with Gasteiger partial charge in [-0.2, -0.15) is 0 Å². The third kappa shape index (κ3) is 3.26. The third-order valence-corrected chi connectivity index (χ3v) is 4.44. The van der Waals surface area contributed by atoms with Gasteiger partial charge in [-0.15, -0.1) is 0 Å². The van der Waals surface area contributed by atoms with Crippen LogP contribution in [0.5, 0.6) is 11.5 Å². The number of nitrogens with zero attached hydrogens (tertiary/aromatic N) is 3. The molecule has 6 nitrogen and oxygen atoms in total. The zero-order valence-corrected chi connectivity index (χ0v) is 13.9. The number of phenols is 2. The van der Waals surface area contributed by atoms with Crippen molar-refractivity contribution in [3.8, 4) is 11.5 Å². The lowest BCUT2D eigenvalue weighted by molar-refractivity contribution is -0.121. The topological polar surface area (TPSA) is 86.0 Å². The van der Waals surface area contributed by atoms with Crippen LogP contribution in [0.25, 0.3) is 6.08 Å². The van der Waals surface area contributed by atoms with Crippen molar-refractivity contribution in [1.29, 1.82) is 0 Å². The summed E-state index contributed by atoms with van der Waals surface area (Å²) in [5, 5.41) is 19.4. The summed E-state index contributed by atoms with van der Waals surface area (Å²) in [5.74, 6) is -0.0712. The van der Waals surface area contributed by atoms with Crippen molar-refractivity contribution in [3.05, 3.63) is 52.6 Å². The number of aromatic hydroxyl groups is 2. The van der Waals surface area contributed by atoms with E-state index in [4.69, 9.17) is 0 Å². The quantitative estimate of drug-likeness (QED) is 0.648. The second kappa shape index (κ2) is 6.37. The van der Waals surface area contributed by atoms with E-state index < -0.39 is 0 Å². The molecule has 24 heavy (non-hydrogen) atoms. The Balaban J connectivity index is 1.91. The number of carbonyl (C=O) groups is 1. The summed E-state index contributed by atoms with van der Waals surface area (Å²) in [6.07, 6.45) is 1.65. The predicted octanol–water partition coefficient (Wildman–Crippen LogP) is 3.04. The molecule has 2 N–H and O–H groups in total. The molecule has 1 amide bonds. The average Bonchev–Trinajstić information content (AvgIpc) is 2.79. The largest absolute Gasteiger partial charge is 0.504 e. The first kappa shape index (κ1) is 16.1. The molecular weight excluding hydrogens is 326 g/mol. The fourth-order valence-corrected chi connectivity index (χ4v) is 3.10. The van der Waals surface area contributed by atoms with Crippen LogP contribution in [0, 0.1) is 6.92 Å². The molecule has 7 heteroatoms. The van der Waals surface area contributed by atoms with Crippen molar-refractivity contribution in [2.45, 2.75) is 6.92 Å². The fraction of sp³-hybridized carbons (Fsp3) is 0.118. The molecule has 0 spiro atoms. The van der Waals surface area contributed by atoms with Gasteiger partial charge in [0.15, 0.2) is 22.5 Å². The van der Waals surface area contributed by atoms with Gasteiger partial charge in [0, 0.05) is 12.7 Å². The third-order valence-electron chi connectivity index (χ3n) is 3.38. The van der Waals surface area contributed by atoms with Gasteiger partial charge < -0.3 is 10.2 Å². The summed E-state index contributed by atoms with van der Waals surface area (Å²) in [7, 11) is 1.65. The Kier molecular flexibility index (Phi) is 4.26. The Bertz CT molecular complexity index is 877. The van der Waals surface area contributed by atoms with Crippen LogP contribution < -0.4 is 0 Å². The number of likely N-dealkylation sites (N-methyl/N-ethyl adjacent to an activating group) is 1. The molecule has 2 heterocycles. The molecule has 1 saturated heterocycles. The maximum atomic E-state index is 12.4. The van der Waals surface area contributed by atoms with E-state index in [1.54, 1.807) is 25.3 Å². The minimum Gasteiger partial charge on any atom is -0.504 e. The molecule has 0 unspecified atom stereocenters. The van der Waals surface area contributed by atoms with Crippen molar-refractivity contribution in [2.75, 3.05) is 7.05 Å². The molecule has 0 atom stereocenters. The minimum absolute atomic E-state index is 0.182. The Morgan fingerprint density at radius 2 is 2.00 bits per heavy atom. The molecule has 1 aliphatic rings. The van der Waals surface area contributed by atoms with Crippen molar-refractivity contribution in [1.82, 2.24) is 9.88 Å². The molecule has 3 rings (SSSR count). The lowest BCUT2D eigenvalue weighted by atomic mass is 10.2. The van der Waals surface area contributed by atoms with Gasteiger partial charge in [-0.3, -0.25) is 9.69 Å². The standard InChI is InChI=1S/C17H15N3O3S/c1-10-4-3-5-15(18-10)19-17-20(2)16(23)14(24-17)9-11-6-7-12(21)13(22)8-11/h3-9,21-22H,1-2H3/b14-9-,19-17+. The first-order valence-electron chi connectivity index (χ1n) is 7.16. The number of hydrogen-bond donors (Lipinski definition) is 2. The van der Waals surface area contributed by atoms with E-state index >= 15 is 0 Å². The fourth-order valence-electron chi connectivity index (χ4n) is 2.12. The first-order chi connectivity index (χ1) is 11.4. The lowest BCUT2D eigenvalue weighted by Crippen LogP contribution is -2.23. The molecule has 1 fully saturated rings. The molecule has 0 bridgehead atoms. The van der Waals surface area contributed by atoms with Crippen LogP contribution in [0.2, 0.25) is 0 Å². The van der Waals surface area contributed by atoms with E-state index in [-0.39, 0.29) is 17.4 Å². The number of benzene rings is 1. The number of amidine groups is 1. The molecule has 0 aliphatic carbocycles. The number of amides is 1. The Hall–Kier alpha value is -2.80. The van der Waals surface area contributed by atoms with Crippen molar-refractivity contribution in [2.24, 2.45) is 4.99 Å². The molecule has 2 aromatic rings. The van der Waals surface area contributed by atoms with Crippen LogP contribution in [-0.2, 0) is 4.79 Å². The minimum atomic E-state index is -0.231. The van der Waals surface area contributed by atoms with Crippen LogP contribution in [0.4, 0.5) is 5.82 Å². The van der Waals surface area contributed by atoms with E-state index in [1.165, 1.54) is 28.8 Å². The van der Waals surface area contributed by atoms with Gasteiger partial charge in [0.25, 0.3) is 5.91 Å². The zero-order valence-electron chi connectivity index (χ0n) is 13.1. The van der Waals surface area contributed by atoms with Gasteiger partial charge in [-0.05, 0) is 54.6 Å². The number of aromatic nitrogens is 1. The molecule has 1 aliphatic heterocycles. The Morgan fingerprint density at radius 1 is 1.21 bits per heavy atom. The first-order valence-corrected chi connectivity index (χ1v) is 7.97. The maximum Gasteiger partial charge on any atom is 0.266 e. The monoisotopic (exact) mass is 341 g/mol. The summed E-state index contributed by atoms with van der Waals surface area (Å²) >= 11 is 1.24. The van der Waals surface area contributed by atoms with Gasteiger partial charge in [-0.25, -0.2) is 9.98 Å². The van der Waals surface area contributed by atoms with E-state index in [2.05, 4.69) is 9.98 Å². The normalized spacial score (nSPS) is 17.9. The van der Waals surface area contributed by atoms with Crippen molar-refractivity contribution in [3.63, 3.8) is 0 Å². The van der Waals surface area contributed by atoms with Gasteiger partial charge in [-0.1, -0.05) is 12.1 Å². The highest BCUT2D eigenvalue weighted by molar-refractivity contribution is 8.18. The maximum absolute atomic E-state index is 12.4. The van der Waals surface area contributed by atoms with Crippen LogP contribution in [0.1, 0.15) is 11.3 Å². The second-order valence-electron chi connectivity index (χ2n) is 5.25. The summed E-state index contributed by atoms with van der Waals surface area (Å²) in [6.45, 7) is 1.88. The molecule has 0 radical (unpaired) electrons. The second-order valence-corrected chi connectivity index (χ2v) is 6.26. The highest BCUT2D eigenvalue weighted by Gasteiger charge is 2.30. The molecular formula is C17H15N3O3S. The van der Waals surface area contributed by atoms with Gasteiger partial charge in [0.05, 0.1) is 4.91 Å². The molecule has 1 aromatic carbocycles. The van der Waals surface area contributed by atoms with E-state index in [0.29, 0.717) is 21.5 Å². The summed E-state index contributed by atoms with van der Waals surface area (Å²) in [6, 6.07) is 9.91. The van der Waals surface area contributed by atoms with Gasteiger partial charge in [0.1, 0.15) is 0 Å². The predicted molar refractivity (Wildman–Crippen MR) is 94.2 cm³/mol. The van der Waals surface area contributed by atoms with E-state index in [1.807, 2.05) is 19.1 Å². The van der Waals surface area contributed by atoms with Gasteiger partial charge in [0.2, 0.25) is 0 Å².